The van der Waals surface area contributed by atoms with Crippen molar-refractivity contribution in [1.29, 1.82) is 0 Å². The summed E-state index contributed by atoms with van der Waals surface area (Å²) in [4.78, 5) is 0. The molecule has 0 radical (unpaired) electrons. The summed E-state index contributed by atoms with van der Waals surface area (Å²) in [5, 5.41) is 0. The van der Waals surface area contributed by atoms with Gasteiger partial charge in [0, 0.05) is 0 Å². The van der Waals surface area contributed by atoms with Crippen LogP contribution in [0.4, 0.5) is 0 Å². The van der Waals surface area contributed by atoms with Gasteiger partial charge in [-0.25, -0.2) is 0 Å². The Morgan fingerprint density at radius 1 is 1.00 bits per heavy atom. The van der Waals surface area contributed by atoms with Gasteiger partial charge < -0.3 is 0 Å². The number of rotatable bonds is 1. The molecule has 16 heavy (non-hydrogen) atoms. The van der Waals surface area contributed by atoms with Crippen LogP contribution in [0.15, 0.2) is 12.2 Å². The van der Waals surface area contributed by atoms with Gasteiger partial charge in [0.05, 0.1) is 0 Å². The third-order valence-corrected chi connectivity index (χ3v) is 4.38. The van der Waals surface area contributed by atoms with Gasteiger partial charge in [-0.05, 0) is 55.8 Å². The van der Waals surface area contributed by atoms with E-state index in [9.17, 15) is 0 Å². The van der Waals surface area contributed by atoms with Crippen molar-refractivity contribution in [3.05, 3.63) is 12.2 Å². The summed E-state index contributed by atoms with van der Waals surface area (Å²) in [6, 6.07) is 0. The lowest BCUT2D eigenvalue weighted by Crippen LogP contribution is -2.19. The molecule has 1 rings (SSSR count). The molecule has 1 atom stereocenters. The topological polar surface area (TPSA) is 0 Å². The highest BCUT2D eigenvalue weighted by molar-refractivity contribution is 4.98. The van der Waals surface area contributed by atoms with Gasteiger partial charge in [-0.1, -0.05) is 46.3 Å². The standard InChI is InChI=1S/C16H30/c1-13(2)14-8-7-9-15(3,4)10-11-16(5,6)12-14/h14H,1,7-12H2,2-6H3. The van der Waals surface area contributed by atoms with Gasteiger partial charge in [0.25, 0.3) is 0 Å². The fourth-order valence-electron chi connectivity index (χ4n) is 2.92. The average Bonchev–Trinajstić information content (AvgIpc) is 2.17. The zero-order valence-electron chi connectivity index (χ0n) is 12.0. The monoisotopic (exact) mass is 222 g/mol. The second-order valence-electron chi connectivity index (χ2n) is 7.47. The van der Waals surface area contributed by atoms with E-state index in [-0.39, 0.29) is 0 Å². The molecule has 1 aliphatic carbocycles. The normalized spacial score (nSPS) is 29.9. The lowest BCUT2D eigenvalue weighted by molar-refractivity contribution is 0.218. The highest BCUT2D eigenvalue weighted by atomic mass is 14.3. The summed E-state index contributed by atoms with van der Waals surface area (Å²) in [5.74, 6) is 0.754. The molecule has 94 valence electrons. The first-order valence-corrected chi connectivity index (χ1v) is 6.87. The molecule has 0 aromatic heterocycles. The molecule has 0 spiro atoms. The molecular weight excluding hydrogens is 192 g/mol. The summed E-state index contributed by atoms with van der Waals surface area (Å²) in [6.45, 7) is 16.1. The van der Waals surface area contributed by atoms with E-state index in [1.165, 1.54) is 44.1 Å². The average molecular weight is 222 g/mol. The van der Waals surface area contributed by atoms with Gasteiger partial charge in [0.1, 0.15) is 0 Å². The summed E-state index contributed by atoms with van der Waals surface area (Å²) in [7, 11) is 0. The molecule has 0 N–H and O–H groups in total. The Labute approximate surface area is 103 Å². The highest BCUT2D eigenvalue weighted by Gasteiger charge is 2.29. The van der Waals surface area contributed by atoms with Gasteiger partial charge in [-0.2, -0.15) is 0 Å². The first kappa shape index (κ1) is 13.8. The van der Waals surface area contributed by atoms with Crippen molar-refractivity contribution in [3.63, 3.8) is 0 Å². The second kappa shape index (κ2) is 4.94. The molecular formula is C16H30. The van der Waals surface area contributed by atoms with Crippen molar-refractivity contribution in [1.82, 2.24) is 0 Å². The van der Waals surface area contributed by atoms with Crippen LogP contribution in [0.25, 0.3) is 0 Å². The molecule has 0 bridgehead atoms. The van der Waals surface area contributed by atoms with Crippen LogP contribution >= 0.6 is 0 Å². The fraction of sp³-hybridized carbons (Fsp3) is 0.875. The third kappa shape index (κ3) is 4.31. The van der Waals surface area contributed by atoms with E-state index in [1.807, 2.05) is 0 Å². The van der Waals surface area contributed by atoms with Crippen LogP contribution in [0.1, 0.15) is 73.1 Å². The Morgan fingerprint density at radius 2 is 1.56 bits per heavy atom. The molecule has 1 unspecified atom stereocenters. The van der Waals surface area contributed by atoms with E-state index in [4.69, 9.17) is 0 Å². The minimum absolute atomic E-state index is 0.491. The van der Waals surface area contributed by atoms with Gasteiger partial charge in [0.2, 0.25) is 0 Å². The molecule has 0 heterocycles. The first-order chi connectivity index (χ1) is 7.22. The van der Waals surface area contributed by atoms with Crippen LogP contribution in [-0.2, 0) is 0 Å². The molecule has 1 fully saturated rings. The molecule has 0 saturated heterocycles. The van der Waals surface area contributed by atoms with Crippen molar-refractivity contribution in [2.75, 3.05) is 0 Å². The minimum Gasteiger partial charge on any atom is -0.0999 e. The smallest absolute Gasteiger partial charge is 0.0204 e. The van der Waals surface area contributed by atoms with E-state index in [0.29, 0.717) is 10.8 Å². The Kier molecular flexibility index (Phi) is 4.26. The quantitative estimate of drug-likeness (QED) is 0.508. The zero-order valence-corrected chi connectivity index (χ0v) is 12.0. The van der Waals surface area contributed by atoms with E-state index in [1.54, 1.807) is 0 Å². The highest BCUT2D eigenvalue weighted by Crippen LogP contribution is 2.42. The van der Waals surface area contributed by atoms with Crippen molar-refractivity contribution in [2.24, 2.45) is 16.7 Å². The van der Waals surface area contributed by atoms with E-state index in [2.05, 4.69) is 41.2 Å². The maximum atomic E-state index is 4.18. The molecule has 1 saturated carbocycles. The predicted octanol–water partition coefficient (Wildman–Crippen LogP) is 5.59. The minimum atomic E-state index is 0.491. The maximum Gasteiger partial charge on any atom is -0.0204 e. The van der Waals surface area contributed by atoms with Crippen LogP contribution in [0.2, 0.25) is 0 Å². The Balaban J connectivity index is 2.75. The van der Waals surface area contributed by atoms with Crippen LogP contribution in [-0.4, -0.2) is 0 Å². The summed E-state index contributed by atoms with van der Waals surface area (Å²) < 4.78 is 0. The Morgan fingerprint density at radius 3 is 2.12 bits per heavy atom. The Bertz CT molecular complexity index is 245. The SMILES string of the molecule is C=C(C)C1CCCC(C)(C)CCC(C)(C)C1. The fourth-order valence-corrected chi connectivity index (χ4v) is 2.92. The lowest BCUT2D eigenvalue weighted by Gasteiger charge is -2.31. The lowest BCUT2D eigenvalue weighted by atomic mass is 9.74. The van der Waals surface area contributed by atoms with Crippen LogP contribution in [0.3, 0.4) is 0 Å². The number of hydrogen-bond acceptors (Lipinski definition) is 0. The molecule has 0 nitrogen and oxygen atoms in total. The molecule has 0 aromatic carbocycles. The van der Waals surface area contributed by atoms with Crippen LogP contribution < -0.4 is 0 Å². The number of hydrogen-bond donors (Lipinski definition) is 0. The molecule has 0 aliphatic heterocycles. The van der Waals surface area contributed by atoms with Crippen LogP contribution in [0, 0.1) is 16.7 Å². The molecule has 0 aromatic rings. The number of allylic oxidation sites excluding steroid dienone is 1. The van der Waals surface area contributed by atoms with Crippen LogP contribution in [0.5, 0.6) is 0 Å². The van der Waals surface area contributed by atoms with Gasteiger partial charge in [-0.15, -0.1) is 0 Å². The summed E-state index contributed by atoms with van der Waals surface area (Å²) in [5.41, 5.74) is 2.43. The van der Waals surface area contributed by atoms with Crippen molar-refractivity contribution >= 4 is 0 Å². The summed E-state index contributed by atoms with van der Waals surface area (Å²) >= 11 is 0. The third-order valence-electron chi connectivity index (χ3n) is 4.38. The maximum absolute atomic E-state index is 4.18. The molecule has 0 amide bonds. The second-order valence-corrected chi connectivity index (χ2v) is 7.47. The van der Waals surface area contributed by atoms with Gasteiger partial charge in [0.15, 0.2) is 0 Å². The molecule has 0 heteroatoms. The van der Waals surface area contributed by atoms with E-state index < -0.39 is 0 Å². The van der Waals surface area contributed by atoms with E-state index in [0.717, 1.165) is 5.92 Å². The Hall–Kier alpha value is -0.260. The summed E-state index contributed by atoms with van der Waals surface area (Å²) in [6.07, 6.45) is 8.18. The predicted molar refractivity (Wildman–Crippen MR) is 73.6 cm³/mol. The van der Waals surface area contributed by atoms with Crippen molar-refractivity contribution in [3.8, 4) is 0 Å². The van der Waals surface area contributed by atoms with Crippen molar-refractivity contribution < 1.29 is 0 Å². The molecule has 1 aliphatic rings. The first-order valence-electron chi connectivity index (χ1n) is 6.87. The largest absolute Gasteiger partial charge is 0.0999 e. The van der Waals surface area contributed by atoms with Crippen molar-refractivity contribution in [2.45, 2.75) is 73.1 Å². The van der Waals surface area contributed by atoms with E-state index >= 15 is 0 Å². The zero-order chi connectivity index (χ0) is 12.4. The van der Waals surface area contributed by atoms with Gasteiger partial charge >= 0.3 is 0 Å². The van der Waals surface area contributed by atoms with Gasteiger partial charge in [-0.3, -0.25) is 0 Å².